The van der Waals surface area contributed by atoms with Gasteiger partial charge in [-0.2, -0.15) is 0 Å². The highest BCUT2D eigenvalue weighted by Crippen LogP contribution is 2.34. The van der Waals surface area contributed by atoms with Gasteiger partial charge in [0.2, 0.25) is 0 Å². The molecule has 4 heteroatoms. The summed E-state index contributed by atoms with van der Waals surface area (Å²) in [5.41, 5.74) is 2.71. The zero-order valence-corrected chi connectivity index (χ0v) is 13.6. The molecule has 21 heavy (non-hydrogen) atoms. The number of fused-ring (bicyclic) bond motifs is 1. The minimum absolute atomic E-state index is 0.0762. The topological polar surface area (TPSA) is 32.3 Å². The fraction of sp³-hybridized carbons (Fsp3) is 0.235. The summed E-state index contributed by atoms with van der Waals surface area (Å²) in [4.78, 5) is 14.7. The number of para-hydroxylation sites is 1. The molecule has 1 amide bonds. The fourth-order valence-electron chi connectivity index (χ4n) is 2.69. The number of nitrogens with zero attached hydrogens (tertiary/aromatic N) is 1. The van der Waals surface area contributed by atoms with Gasteiger partial charge in [0.15, 0.2) is 0 Å². The number of carbonyl (C=O) groups is 1. The van der Waals surface area contributed by atoms with Crippen LogP contribution >= 0.6 is 15.9 Å². The average Bonchev–Trinajstić information content (AvgIpc) is 2.47. The molecule has 0 bridgehead atoms. The van der Waals surface area contributed by atoms with Gasteiger partial charge < -0.3 is 10.2 Å². The number of rotatable bonds is 2. The lowest BCUT2D eigenvalue weighted by Gasteiger charge is -2.40. The maximum absolute atomic E-state index is 12.8. The average molecular weight is 345 g/mol. The first-order chi connectivity index (χ1) is 10.1. The van der Waals surface area contributed by atoms with Crippen molar-refractivity contribution in [3.63, 3.8) is 0 Å². The van der Waals surface area contributed by atoms with Crippen molar-refractivity contribution in [3.05, 3.63) is 64.1 Å². The van der Waals surface area contributed by atoms with Crippen LogP contribution in [0.2, 0.25) is 0 Å². The molecule has 0 spiro atoms. The third kappa shape index (κ3) is 2.56. The second-order valence-corrected chi connectivity index (χ2v) is 6.37. The summed E-state index contributed by atoms with van der Waals surface area (Å²) in [6.45, 7) is 4.08. The highest BCUT2D eigenvalue weighted by atomic mass is 79.9. The van der Waals surface area contributed by atoms with Crippen LogP contribution in [0.15, 0.2) is 53.0 Å². The first-order valence-corrected chi connectivity index (χ1v) is 7.81. The third-order valence-corrected chi connectivity index (χ3v) is 4.23. The number of hydrogen-bond acceptors (Lipinski definition) is 2. The number of carbonyl (C=O) groups excluding carboxylic acids is 1. The molecular weight excluding hydrogens is 328 g/mol. The lowest BCUT2D eigenvalue weighted by molar-refractivity contribution is 0.0617. The van der Waals surface area contributed by atoms with Gasteiger partial charge in [-0.05, 0) is 43.7 Å². The molecule has 1 atom stereocenters. The fourth-order valence-corrected chi connectivity index (χ4v) is 2.95. The Morgan fingerprint density at radius 3 is 2.43 bits per heavy atom. The number of hydrogen-bond donors (Lipinski definition) is 1. The number of nitrogens with one attached hydrogen (secondary N) is 1. The molecule has 2 aromatic rings. The molecule has 1 N–H and O–H groups in total. The molecule has 2 aromatic carbocycles. The van der Waals surface area contributed by atoms with Crippen LogP contribution in [-0.4, -0.2) is 16.8 Å². The summed E-state index contributed by atoms with van der Waals surface area (Å²) >= 11 is 3.45. The number of halogens is 1. The van der Waals surface area contributed by atoms with Crippen LogP contribution in [0.25, 0.3) is 0 Å². The summed E-state index contributed by atoms with van der Waals surface area (Å²) < 4.78 is 1.03. The van der Waals surface area contributed by atoms with E-state index in [1.165, 1.54) is 0 Å². The first kappa shape index (κ1) is 14.1. The van der Waals surface area contributed by atoms with Gasteiger partial charge in [0.05, 0.1) is 5.56 Å². The lowest BCUT2D eigenvalue weighted by atomic mass is 10.0. The van der Waals surface area contributed by atoms with E-state index in [-0.39, 0.29) is 18.1 Å². The van der Waals surface area contributed by atoms with Crippen molar-refractivity contribution in [2.24, 2.45) is 0 Å². The minimum atomic E-state index is -0.138. The molecule has 1 unspecified atom stereocenters. The zero-order chi connectivity index (χ0) is 15.0. The lowest BCUT2D eigenvalue weighted by Crippen LogP contribution is -2.46. The Labute approximate surface area is 133 Å². The highest BCUT2D eigenvalue weighted by molar-refractivity contribution is 9.10. The predicted molar refractivity (Wildman–Crippen MR) is 88.3 cm³/mol. The molecular formula is C17H17BrN2O. The molecule has 3 nitrogen and oxygen atoms in total. The Hall–Kier alpha value is -1.81. The molecule has 0 aromatic heterocycles. The smallest absolute Gasteiger partial charge is 0.258 e. The molecule has 0 saturated heterocycles. The van der Waals surface area contributed by atoms with Crippen LogP contribution in [0.1, 0.15) is 35.9 Å². The van der Waals surface area contributed by atoms with E-state index < -0.39 is 0 Å². The van der Waals surface area contributed by atoms with Crippen molar-refractivity contribution >= 4 is 27.5 Å². The van der Waals surface area contributed by atoms with Crippen LogP contribution in [0.4, 0.5) is 5.69 Å². The zero-order valence-electron chi connectivity index (χ0n) is 12.0. The Bertz CT molecular complexity index is 667. The van der Waals surface area contributed by atoms with Crippen molar-refractivity contribution in [3.8, 4) is 0 Å². The van der Waals surface area contributed by atoms with Gasteiger partial charge in [0.25, 0.3) is 5.91 Å². The van der Waals surface area contributed by atoms with Crippen molar-refractivity contribution in [2.45, 2.75) is 26.1 Å². The Kier molecular flexibility index (Phi) is 3.72. The van der Waals surface area contributed by atoms with Crippen LogP contribution in [0, 0.1) is 0 Å². The van der Waals surface area contributed by atoms with Crippen molar-refractivity contribution in [2.75, 3.05) is 5.32 Å². The summed E-state index contributed by atoms with van der Waals surface area (Å²) in [6.07, 6.45) is -0.138. The van der Waals surface area contributed by atoms with E-state index in [4.69, 9.17) is 0 Å². The van der Waals surface area contributed by atoms with Gasteiger partial charge in [0, 0.05) is 16.2 Å². The molecule has 3 rings (SSSR count). The van der Waals surface area contributed by atoms with Crippen LogP contribution in [0.5, 0.6) is 0 Å². The third-order valence-electron chi connectivity index (χ3n) is 3.70. The SMILES string of the molecule is CC(C)N1C(=O)c2ccccc2NC1c1ccc(Br)cc1. The van der Waals surface area contributed by atoms with E-state index in [1.54, 1.807) is 0 Å². The molecule has 1 aliphatic rings. The molecule has 108 valence electrons. The molecule has 0 fully saturated rings. The highest BCUT2D eigenvalue weighted by Gasteiger charge is 2.34. The van der Waals surface area contributed by atoms with Crippen LogP contribution < -0.4 is 5.32 Å². The van der Waals surface area contributed by atoms with Gasteiger partial charge in [-0.3, -0.25) is 4.79 Å². The van der Waals surface area contributed by atoms with E-state index in [9.17, 15) is 4.79 Å². The Balaban J connectivity index is 2.07. The minimum Gasteiger partial charge on any atom is -0.361 e. The second-order valence-electron chi connectivity index (χ2n) is 5.45. The Morgan fingerprint density at radius 1 is 1.10 bits per heavy atom. The number of amides is 1. The first-order valence-electron chi connectivity index (χ1n) is 7.01. The summed E-state index contributed by atoms with van der Waals surface area (Å²) in [6, 6.07) is 15.9. The van der Waals surface area contributed by atoms with Crippen LogP contribution in [-0.2, 0) is 0 Å². The van der Waals surface area contributed by atoms with Crippen molar-refractivity contribution in [1.29, 1.82) is 0 Å². The molecule has 1 heterocycles. The van der Waals surface area contributed by atoms with Crippen molar-refractivity contribution < 1.29 is 4.79 Å². The van der Waals surface area contributed by atoms with Gasteiger partial charge in [0.1, 0.15) is 6.17 Å². The maximum atomic E-state index is 12.8. The van der Waals surface area contributed by atoms with Gasteiger partial charge in [-0.1, -0.05) is 40.2 Å². The summed E-state index contributed by atoms with van der Waals surface area (Å²) in [5.74, 6) is 0.0762. The van der Waals surface area contributed by atoms with E-state index in [0.29, 0.717) is 0 Å². The van der Waals surface area contributed by atoms with E-state index in [1.807, 2.05) is 67.3 Å². The molecule has 0 radical (unpaired) electrons. The monoisotopic (exact) mass is 344 g/mol. The van der Waals surface area contributed by atoms with E-state index in [0.717, 1.165) is 21.3 Å². The normalized spacial score (nSPS) is 17.6. The quantitative estimate of drug-likeness (QED) is 0.874. The summed E-state index contributed by atoms with van der Waals surface area (Å²) in [5, 5.41) is 3.48. The number of benzene rings is 2. The largest absolute Gasteiger partial charge is 0.361 e. The molecule has 1 aliphatic heterocycles. The van der Waals surface area contributed by atoms with E-state index >= 15 is 0 Å². The molecule has 0 saturated carbocycles. The summed E-state index contributed by atoms with van der Waals surface area (Å²) in [7, 11) is 0. The predicted octanol–water partition coefficient (Wildman–Crippen LogP) is 4.42. The van der Waals surface area contributed by atoms with Crippen LogP contribution in [0.3, 0.4) is 0 Å². The van der Waals surface area contributed by atoms with E-state index in [2.05, 4.69) is 21.2 Å². The van der Waals surface area contributed by atoms with Gasteiger partial charge in [-0.15, -0.1) is 0 Å². The Morgan fingerprint density at radius 2 is 1.76 bits per heavy atom. The number of anilines is 1. The van der Waals surface area contributed by atoms with Gasteiger partial charge >= 0.3 is 0 Å². The van der Waals surface area contributed by atoms with Gasteiger partial charge in [-0.25, -0.2) is 0 Å². The maximum Gasteiger partial charge on any atom is 0.258 e. The standard InChI is InChI=1S/C17H17BrN2O/c1-11(2)20-16(12-7-9-13(18)10-8-12)19-15-6-4-3-5-14(15)17(20)21/h3-11,16,19H,1-2H3. The van der Waals surface area contributed by atoms with Crippen molar-refractivity contribution in [1.82, 2.24) is 4.90 Å². The molecule has 0 aliphatic carbocycles. The second kappa shape index (κ2) is 5.53.